The van der Waals surface area contributed by atoms with Crippen molar-refractivity contribution in [3.8, 4) is 0 Å². The van der Waals surface area contributed by atoms with Crippen LogP contribution < -0.4 is 5.73 Å². The molecule has 0 radical (unpaired) electrons. The fraction of sp³-hybridized carbons (Fsp3) is 1.00. The first-order valence-electron chi connectivity index (χ1n) is 6.19. The van der Waals surface area contributed by atoms with Gasteiger partial charge in [-0.2, -0.15) is 13.2 Å². The lowest BCUT2D eigenvalue weighted by Gasteiger charge is -2.35. The molecular formula is C12H25F3N2. The van der Waals surface area contributed by atoms with Gasteiger partial charge in [-0.05, 0) is 24.8 Å². The van der Waals surface area contributed by atoms with Gasteiger partial charge in [0.15, 0.2) is 0 Å². The second-order valence-electron chi connectivity index (χ2n) is 5.38. The molecule has 0 amide bonds. The first-order chi connectivity index (χ1) is 7.68. The number of hydrogen-bond donors (Lipinski definition) is 1. The number of nitrogens with zero attached hydrogens (tertiary/aromatic N) is 1. The zero-order valence-corrected chi connectivity index (χ0v) is 11.2. The van der Waals surface area contributed by atoms with Gasteiger partial charge in [0.05, 0.1) is 0 Å². The Morgan fingerprint density at radius 1 is 1.00 bits per heavy atom. The van der Waals surface area contributed by atoms with Crippen LogP contribution >= 0.6 is 0 Å². The van der Waals surface area contributed by atoms with Crippen LogP contribution in [-0.2, 0) is 0 Å². The maximum atomic E-state index is 13.0. The minimum Gasteiger partial charge on any atom is -0.330 e. The zero-order valence-electron chi connectivity index (χ0n) is 11.2. The summed E-state index contributed by atoms with van der Waals surface area (Å²) >= 11 is 0. The standard InChI is InChI=1S/C12H25F3N2/c1-9(2)7-17(8-10(3)4)11(5-6-16)12(13,14)15/h9-11H,5-8,16H2,1-4H3. The maximum Gasteiger partial charge on any atom is 0.404 e. The Labute approximate surface area is 102 Å². The lowest BCUT2D eigenvalue weighted by molar-refractivity contribution is -0.187. The number of hydrogen-bond acceptors (Lipinski definition) is 2. The van der Waals surface area contributed by atoms with Crippen molar-refractivity contribution in [3.05, 3.63) is 0 Å². The van der Waals surface area contributed by atoms with E-state index in [0.717, 1.165) is 0 Å². The molecule has 0 aliphatic heterocycles. The molecule has 0 aromatic rings. The Kier molecular flexibility index (Phi) is 7.09. The van der Waals surface area contributed by atoms with Gasteiger partial charge in [0.25, 0.3) is 0 Å². The van der Waals surface area contributed by atoms with E-state index in [1.807, 2.05) is 27.7 Å². The van der Waals surface area contributed by atoms with E-state index in [9.17, 15) is 13.2 Å². The molecule has 0 spiro atoms. The first kappa shape index (κ1) is 16.7. The molecule has 5 heteroatoms. The average Bonchev–Trinajstić information content (AvgIpc) is 2.09. The quantitative estimate of drug-likeness (QED) is 0.757. The summed E-state index contributed by atoms with van der Waals surface area (Å²) < 4.78 is 38.9. The number of nitrogens with two attached hydrogens (primary N) is 1. The smallest absolute Gasteiger partial charge is 0.330 e. The summed E-state index contributed by atoms with van der Waals surface area (Å²) in [5.74, 6) is 0.438. The molecule has 2 N–H and O–H groups in total. The molecule has 0 aromatic heterocycles. The summed E-state index contributed by atoms with van der Waals surface area (Å²) in [5, 5.41) is 0. The van der Waals surface area contributed by atoms with Crippen LogP contribution in [0.3, 0.4) is 0 Å². The second-order valence-corrected chi connectivity index (χ2v) is 5.38. The molecule has 0 saturated heterocycles. The van der Waals surface area contributed by atoms with Crippen molar-refractivity contribution < 1.29 is 13.2 Å². The van der Waals surface area contributed by atoms with Gasteiger partial charge in [-0.3, -0.25) is 4.90 Å². The fourth-order valence-electron chi connectivity index (χ4n) is 1.98. The van der Waals surface area contributed by atoms with Gasteiger partial charge >= 0.3 is 6.18 Å². The lowest BCUT2D eigenvalue weighted by Crippen LogP contribution is -2.49. The Morgan fingerprint density at radius 3 is 1.65 bits per heavy atom. The van der Waals surface area contributed by atoms with Crippen LogP contribution in [0.2, 0.25) is 0 Å². The second kappa shape index (κ2) is 7.21. The summed E-state index contributed by atoms with van der Waals surface area (Å²) in [5.41, 5.74) is 5.30. The van der Waals surface area contributed by atoms with E-state index in [1.165, 1.54) is 4.90 Å². The van der Waals surface area contributed by atoms with Gasteiger partial charge in [-0.25, -0.2) is 0 Å². The summed E-state index contributed by atoms with van der Waals surface area (Å²) in [6.07, 6.45) is -4.22. The molecule has 104 valence electrons. The van der Waals surface area contributed by atoms with Gasteiger partial charge in [-0.1, -0.05) is 27.7 Å². The van der Waals surface area contributed by atoms with Crippen molar-refractivity contribution in [1.82, 2.24) is 4.90 Å². The third kappa shape index (κ3) is 6.88. The molecule has 0 heterocycles. The Morgan fingerprint density at radius 2 is 1.41 bits per heavy atom. The molecule has 0 fully saturated rings. The minimum atomic E-state index is -4.19. The van der Waals surface area contributed by atoms with Crippen molar-refractivity contribution >= 4 is 0 Å². The van der Waals surface area contributed by atoms with Crippen molar-refractivity contribution in [3.63, 3.8) is 0 Å². The molecule has 1 unspecified atom stereocenters. The molecule has 1 atom stereocenters. The molecule has 0 aromatic carbocycles. The highest BCUT2D eigenvalue weighted by atomic mass is 19.4. The molecule has 2 nitrogen and oxygen atoms in total. The number of halogens is 3. The summed E-state index contributed by atoms with van der Waals surface area (Å²) in [4.78, 5) is 1.53. The SMILES string of the molecule is CC(C)CN(CC(C)C)C(CCN)C(F)(F)F. The van der Waals surface area contributed by atoms with Crippen molar-refractivity contribution in [1.29, 1.82) is 0 Å². The maximum absolute atomic E-state index is 13.0. The monoisotopic (exact) mass is 254 g/mol. The highest BCUT2D eigenvalue weighted by Gasteiger charge is 2.42. The van der Waals surface area contributed by atoms with E-state index in [4.69, 9.17) is 5.73 Å². The summed E-state index contributed by atoms with van der Waals surface area (Å²) in [6, 6.07) is -1.41. The van der Waals surface area contributed by atoms with Crippen LogP contribution in [0.4, 0.5) is 13.2 Å². The largest absolute Gasteiger partial charge is 0.404 e. The van der Waals surface area contributed by atoms with Gasteiger partial charge in [-0.15, -0.1) is 0 Å². The zero-order chi connectivity index (χ0) is 13.6. The third-order valence-corrected chi connectivity index (χ3v) is 2.46. The van der Waals surface area contributed by atoms with Gasteiger partial charge < -0.3 is 5.73 Å². The van der Waals surface area contributed by atoms with Crippen LogP contribution in [0.25, 0.3) is 0 Å². The van der Waals surface area contributed by atoms with E-state index in [0.29, 0.717) is 13.1 Å². The average molecular weight is 254 g/mol. The van der Waals surface area contributed by atoms with E-state index in [1.54, 1.807) is 0 Å². The van der Waals surface area contributed by atoms with E-state index in [-0.39, 0.29) is 24.8 Å². The van der Waals surface area contributed by atoms with Crippen LogP contribution in [-0.4, -0.2) is 36.8 Å². The van der Waals surface area contributed by atoms with Crippen LogP contribution in [0.5, 0.6) is 0 Å². The molecule has 0 rings (SSSR count). The van der Waals surface area contributed by atoms with E-state index in [2.05, 4.69) is 0 Å². The Hall–Kier alpha value is -0.290. The van der Waals surface area contributed by atoms with Gasteiger partial charge in [0, 0.05) is 13.1 Å². The molecule has 0 saturated carbocycles. The molecular weight excluding hydrogens is 229 g/mol. The van der Waals surface area contributed by atoms with Crippen molar-refractivity contribution in [2.75, 3.05) is 19.6 Å². The highest BCUT2D eigenvalue weighted by molar-refractivity contribution is 4.80. The van der Waals surface area contributed by atoms with Gasteiger partial charge in [0.2, 0.25) is 0 Å². The van der Waals surface area contributed by atoms with Crippen LogP contribution in [0, 0.1) is 11.8 Å². The normalized spacial score (nSPS) is 15.0. The highest BCUT2D eigenvalue weighted by Crippen LogP contribution is 2.28. The number of alkyl halides is 3. The van der Waals surface area contributed by atoms with Crippen molar-refractivity contribution in [2.45, 2.75) is 46.3 Å². The third-order valence-electron chi connectivity index (χ3n) is 2.46. The predicted molar refractivity (Wildman–Crippen MR) is 64.8 cm³/mol. The van der Waals surface area contributed by atoms with E-state index >= 15 is 0 Å². The van der Waals surface area contributed by atoms with Crippen LogP contribution in [0.15, 0.2) is 0 Å². The minimum absolute atomic E-state index is 0.0249. The fourth-order valence-corrected chi connectivity index (χ4v) is 1.98. The van der Waals surface area contributed by atoms with Crippen LogP contribution in [0.1, 0.15) is 34.1 Å². The first-order valence-corrected chi connectivity index (χ1v) is 6.19. The predicted octanol–water partition coefficient (Wildman–Crippen LogP) is 2.88. The molecule has 0 aliphatic carbocycles. The Bertz CT molecular complexity index is 192. The summed E-state index contributed by atoms with van der Waals surface area (Å²) in [6.45, 7) is 8.72. The lowest BCUT2D eigenvalue weighted by atomic mass is 10.1. The van der Waals surface area contributed by atoms with Gasteiger partial charge in [0.1, 0.15) is 6.04 Å². The molecule has 17 heavy (non-hydrogen) atoms. The topological polar surface area (TPSA) is 29.3 Å². The molecule has 0 aliphatic rings. The Balaban J connectivity index is 4.79. The summed E-state index contributed by atoms with van der Waals surface area (Å²) in [7, 11) is 0. The molecule has 0 bridgehead atoms. The number of rotatable bonds is 7. The van der Waals surface area contributed by atoms with E-state index < -0.39 is 12.2 Å². The van der Waals surface area contributed by atoms with Crippen molar-refractivity contribution in [2.24, 2.45) is 17.6 Å².